The van der Waals surface area contributed by atoms with Crippen LogP contribution in [0.4, 0.5) is 10.3 Å². The van der Waals surface area contributed by atoms with Crippen molar-refractivity contribution in [1.82, 2.24) is 14.5 Å². The molecule has 0 radical (unpaired) electrons. The van der Waals surface area contributed by atoms with E-state index in [4.69, 9.17) is 27.2 Å². The molecule has 1 saturated heterocycles. The third kappa shape index (κ3) is 2.01. The zero-order valence-corrected chi connectivity index (χ0v) is 11.3. The number of hydrogen-bond donors (Lipinski definition) is 4. The van der Waals surface area contributed by atoms with Crippen molar-refractivity contribution in [3.63, 3.8) is 0 Å². The SMILES string of the molecule is Nc1nc2c(ccn2[C@@H]2O[C@H](CO)C(O)C2(F)Cl)c(=O)[nH]1. The van der Waals surface area contributed by atoms with Gasteiger partial charge in [0.25, 0.3) is 10.7 Å². The van der Waals surface area contributed by atoms with E-state index in [2.05, 4.69) is 9.97 Å². The van der Waals surface area contributed by atoms with Crippen LogP contribution in [-0.2, 0) is 4.74 Å². The second-order valence-corrected chi connectivity index (χ2v) is 5.32. The molecule has 0 amide bonds. The topological polar surface area (TPSA) is 126 Å². The van der Waals surface area contributed by atoms with Gasteiger partial charge in [0.05, 0.1) is 12.0 Å². The molecular weight excluding hydrogens is 307 g/mol. The first kappa shape index (κ1) is 14.3. The fourth-order valence-electron chi connectivity index (χ4n) is 2.37. The normalized spacial score (nSPS) is 32.9. The summed E-state index contributed by atoms with van der Waals surface area (Å²) in [6, 6.07) is 1.40. The average Bonchev–Trinajstić information content (AvgIpc) is 2.91. The van der Waals surface area contributed by atoms with Crippen molar-refractivity contribution in [3.8, 4) is 0 Å². The predicted molar refractivity (Wildman–Crippen MR) is 71.5 cm³/mol. The van der Waals surface area contributed by atoms with E-state index in [1.807, 2.05) is 0 Å². The Morgan fingerprint density at radius 3 is 3.00 bits per heavy atom. The van der Waals surface area contributed by atoms with Gasteiger partial charge in [-0.15, -0.1) is 0 Å². The summed E-state index contributed by atoms with van der Waals surface area (Å²) in [5.41, 5.74) is 5.03. The Kier molecular flexibility index (Phi) is 3.17. The predicted octanol–water partition coefficient (Wildman–Crippen LogP) is -0.538. The largest absolute Gasteiger partial charge is 0.394 e. The minimum atomic E-state index is -2.68. The van der Waals surface area contributed by atoms with Gasteiger partial charge < -0.3 is 25.3 Å². The molecule has 0 aliphatic carbocycles. The second kappa shape index (κ2) is 4.67. The lowest BCUT2D eigenvalue weighted by Crippen LogP contribution is -2.38. The molecule has 0 bridgehead atoms. The number of aromatic nitrogens is 3. The number of nitrogen functional groups attached to an aromatic ring is 1. The summed E-state index contributed by atoms with van der Waals surface area (Å²) in [5, 5.41) is 16.3. The number of aromatic amines is 1. The minimum Gasteiger partial charge on any atom is -0.394 e. The summed E-state index contributed by atoms with van der Waals surface area (Å²) in [4.78, 5) is 18.0. The van der Waals surface area contributed by atoms with Crippen molar-refractivity contribution < 1.29 is 19.3 Å². The van der Waals surface area contributed by atoms with Crippen LogP contribution in [0.15, 0.2) is 17.1 Å². The van der Waals surface area contributed by atoms with Gasteiger partial charge in [-0.05, 0) is 6.07 Å². The summed E-state index contributed by atoms with van der Waals surface area (Å²) in [6.07, 6.45) is -3.03. The highest BCUT2D eigenvalue weighted by Crippen LogP contribution is 2.45. The fraction of sp³-hybridized carbons (Fsp3) is 0.455. The van der Waals surface area contributed by atoms with Gasteiger partial charge >= 0.3 is 0 Å². The number of nitrogens with two attached hydrogens (primary N) is 1. The Morgan fingerprint density at radius 2 is 2.38 bits per heavy atom. The Bertz CT molecular complexity index is 745. The molecule has 0 spiro atoms. The Labute approximate surface area is 121 Å². The van der Waals surface area contributed by atoms with E-state index in [9.17, 15) is 14.3 Å². The first-order chi connectivity index (χ1) is 9.86. The highest BCUT2D eigenvalue weighted by atomic mass is 35.5. The van der Waals surface area contributed by atoms with Crippen LogP contribution in [0, 0.1) is 0 Å². The number of halogens is 2. The number of aliphatic hydroxyl groups excluding tert-OH is 2. The van der Waals surface area contributed by atoms with Crippen LogP contribution in [0.25, 0.3) is 11.0 Å². The van der Waals surface area contributed by atoms with E-state index >= 15 is 0 Å². The third-order valence-electron chi connectivity index (χ3n) is 3.41. The van der Waals surface area contributed by atoms with Crippen LogP contribution in [0.5, 0.6) is 0 Å². The number of ether oxygens (including phenoxy) is 1. The van der Waals surface area contributed by atoms with Gasteiger partial charge in [-0.3, -0.25) is 9.78 Å². The fourth-order valence-corrected chi connectivity index (χ4v) is 2.66. The van der Waals surface area contributed by atoms with Gasteiger partial charge in [0.15, 0.2) is 11.9 Å². The van der Waals surface area contributed by atoms with Gasteiger partial charge in [-0.25, -0.2) is 4.39 Å². The summed E-state index contributed by atoms with van der Waals surface area (Å²) >= 11 is 5.71. The Balaban J connectivity index is 2.15. The van der Waals surface area contributed by atoms with Crippen LogP contribution < -0.4 is 11.3 Å². The monoisotopic (exact) mass is 318 g/mol. The molecule has 5 N–H and O–H groups in total. The van der Waals surface area contributed by atoms with E-state index in [1.165, 1.54) is 12.3 Å². The van der Waals surface area contributed by atoms with Crippen LogP contribution in [-0.4, -0.2) is 48.7 Å². The molecule has 1 fully saturated rings. The molecular formula is C11H12ClFN4O4. The number of nitrogens with zero attached hydrogens (tertiary/aromatic N) is 2. The van der Waals surface area contributed by atoms with E-state index < -0.39 is 35.7 Å². The molecule has 21 heavy (non-hydrogen) atoms. The molecule has 2 aromatic rings. The molecule has 114 valence electrons. The van der Waals surface area contributed by atoms with Crippen LogP contribution in [0.2, 0.25) is 0 Å². The molecule has 3 rings (SSSR count). The number of rotatable bonds is 2. The maximum absolute atomic E-state index is 14.5. The zero-order valence-electron chi connectivity index (χ0n) is 10.5. The standard InChI is InChI=1S/C11H12ClFN4O4/c12-11(13)6(19)5(3-18)21-9(11)17-2-1-4-7(17)15-10(14)16-8(4)20/h1-2,5-6,9,18-19H,3H2,(H3,14,15,16,20)/t5-,6?,9-,11?/m1/s1. The molecule has 2 unspecified atom stereocenters. The van der Waals surface area contributed by atoms with Crippen molar-refractivity contribution in [2.24, 2.45) is 0 Å². The maximum atomic E-state index is 14.5. The van der Waals surface area contributed by atoms with Crippen LogP contribution in [0.1, 0.15) is 6.23 Å². The summed E-state index contributed by atoms with van der Waals surface area (Å²) < 4.78 is 20.9. The van der Waals surface area contributed by atoms with Crippen molar-refractivity contribution >= 4 is 28.6 Å². The second-order valence-electron chi connectivity index (χ2n) is 4.74. The highest BCUT2D eigenvalue weighted by Gasteiger charge is 2.57. The summed E-state index contributed by atoms with van der Waals surface area (Å²) in [7, 11) is 0. The molecule has 0 aromatic carbocycles. The lowest BCUT2D eigenvalue weighted by atomic mass is 10.1. The third-order valence-corrected chi connectivity index (χ3v) is 3.82. The lowest BCUT2D eigenvalue weighted by molar-refractivity contribution is -0.0479. The number of alkyl halides is 2. The summed E-state index contributed by atoms with van der Waals surface area (Å²) in [6.45, 7) is -0.606. The first-order valence-corrected chi connectivity index (χ1v) is 6.42. The lowest BCUT2D eigenvalue weighted by Gasteiger charge is -2.22. The van der Waals surface area contributed by atoms with Gasteiger partial charge in [0, 0.05) is 6.20 Å². The highest BCUT2D eigenvalue weighted by molar-refractivity contribution is 6.23. The summed E-state index contributed by atoms with van der Waals surface area (Å²) in [5.74, 6) is -0.149. The number of aliphatic hydroxyl groups is 2. The van der Waals surface area contributed by atoms with Crippen molar-refractivity contribution in [3.05, 3.63) is 22.6 Å². The van der Waals surface area contributed by atoms with Gasteiger partial charge in [0.1, 0.15) is 12.2 Å². The Hall–Kier alpha value is -1.68. The van der Waals surface area contributed by atoms with Crippen LogP contribution >= 0.6 is 11.6 Å². The molecule has 1 aliphatic heterocycles. The zero-order chi connectivity index (χ0) is 15.4. The molecule has 0 saturated carbocycles. The number of hydrogen-bond acceptors (Lipinski definition) is 6. The van der Waals surface area contributed by atoms with Gasteiger partial charge in [0.2, 0.25) is 5.95 Å². The maximum Gasteiger partial charge on any atom is 0.261 e. The average molecular weight is 319 g/mol. The first-order valence-electron chi connectivity index (χ1n) is 6.04. The minimum absolute atomic E-state index is 0.0646. The van der Waals surface area contributed by atoms with Crippen molar-refractivity contribution in [1.29, 1.82) is 0 Å². The van der Waals surface area contributed by atoms with Gasteiger partial charge in [-0.2, -0.15) is 4.98 Å². The molecule has 2 aromatic heterocycles. The van der Waals surface area contributed by atoms with E-state index in [0.29, 0.717) is 0 Å². The van der Waals surface area contributed by atoms with E-state index in [0.717, 1.165) is 4.57 Å². The molecule has 1 aliphatic rings. The van der Waals surface area contributed by atoms with E-state index in [-0.39, 0.29) is 17.0 Å². The Morgan fingerprint density at radius 1 is 1.67 bits per heavy atom. The van der Waals surface area contributed by atoms with E-state index in [1.54, 1.807) is 0 Å². The molecule has 4 atom stereocenters. The smallest absolute Gasteiger partial charge is 0.261 e. The molecule has 10 heteroatoms. The molecule has 3 heterocycles. The number of H-pyrrole nitrogens is 1. The van der Waals surface area contributed by atoms with Crippen molar-refractivity contribution in [2.75, 3.05) is 12.3 Å². The number of anilines is 1. The van der Waals surface area contributed by atoms with Gasteiger partial charge in [-0.1, -0.05) is 11.6 Å². The molecule has 8 nitrogen and oxygen atoms in total. The quantitative estimate of drug-likeness (QED) is 0.551. The van der Waals surface area contributed by atoms with Crippen LogP contribution in [0.3, 0.4) is 0 Å². The number of fused-ring (bicyclic) bond motifs is 1. The van der Waals surface area contributed by atoms with Crippen molar-refractivity contribution in [2.45, 2.75) is 23.6 Å². The number of nitrogens with one attached hydrogen (secondary N) is 1.